The zero-order valence-electron chi connectivity index (χ0n) is 18.7. The highest BCUT2D eigenvalue weighted by molar-refractivity contribution is 5.96. The molecule has 192 valence electrons. The van der Waals surface area contributed by atoms with E-state index in [0.29, 0.717) is 6.42 Å². The number of primary amides is 1. The number of rotatable bonds is 16. The molecule has 0 aliphatic carbocycles. The molecule has 0 aromatic rings. The number of carbonyl (C=O) groups is 6. The van der Waals surface area contributed by atoms with Crippen LogP contribution >= 0.6 is 0 Å². The van der Waals surface area contributed by atoms with E-state index in [-0.39, 0.29) is 25.3 Å². The summed E-state index contributed by atoms with van der Waals surface area (Å²) in [5.41, 5.74) is 21.3. The predicted octanol–water partition coefficient (Wildman–Crippen LogP) is -4.33. The van der Waals surface area contributed by atoms with Crippen LogP contribution in [-0.4, -0.2) is 82.5 Å². The first-order chi connectivity index (χ1) is 15.7. The number of carboxylic acids is 2. The molecule has 0 heterocycles. The molecule has 0 radical (unpaired) electrons. The number of amides is 4. The van der Waals surface area contributed by atoms with Gasteiger partial charge < -0.3 is 49.1 Å². The van der Waals surface area contributed by atoms with Crippen LogP contribution in [0, 0.1) is 0 Å². The van der Waals surface area contributed by atoms with Crippen LogP contribution in [0.4, 0.5) is 0 Å². The molecule has 0 rings (SSSR count). The third-order valence-corrected chi connectivity index (χ3v) is 4.35. The van der Waals surface area contributed by atoms with Gasteiger partial charge in [-0.15, -0.1) is 0 Å². The maximum atomic E-state index is 12.7. The Bertz CT molecular complexity index is 799. The van der Waals surface area contributed by atoms with Crippen LogP contribution in [0.2, 0.25) is 0 Å². The summed E-state index contributed by atoms with van der Waals surface area (Å²) >= 11 is 0. The van der Waals surface area contributed by atoms with E-state index in [9.17, 15) is 28.8 Å². The zero-order valence-corrected chi connectivity index (χ0v) is 18.7. The molecule has 0 aliphatic heterocycles. The Balaban J connectivity index is 5.32. The summed E-state index contributed by atoms with van der Waals surface area (Å²) in [6, 6.07) is -5.40. The van der Waals surface area contributed by atoms with Crippen LogP contribution in [0.15, 0.2) is 4.99 Å². The first kappa shape index (κ1) is 30.1. The Kier molecular flexibility index (Phi) is 13.2. The fourth-order valence-corrected chi connectivity index (χ4v) is 2.52. The summed E-state index contributed by atoms with van der Waals surface area (Å²) in [7, 11) is 0. The maximum Gasteiger partial charge on any atom is 0.325 e. The van der Waals surface area contributed by atoms with Gasteiger partial charge in [0.1, 0.15) is 18.1 Å². The standard InChI is InChI=1S/C18H32N8O8/c1-8(17(33)34)24-15(31)10(4-5-13(28)29)25-16(32)11(7-12(20)27)26-14(30)9(19)3-2-6-23-18(21)22/h8-11H,2-7,19H2,1H3,(H2,20,27)(H,24,31)(H,25,32)(H,26,30)(H,28,29)(H,33,34)(H4,21,22,23). The van der Waals surface area contributed by atoms with Gasteiger partial charge in [0.15, 0.2) is 5.96 Å². The monoisotopic (exact) mass is 488 g/mol. The first-order valence-corrected chi connectivity index (χ1v) is 10.2. The summed E-state index contributed by atoms with van der Waals surface area (Å²) in [4.78, 5) is 74.4. The molecule has 0 bridgehead atoms. The number of aliphatic imine (C=N–C) groups is 1. The molecule has 16 heteroatoms. The Morgan fingerprint density at radius 3 is 1.91 bits per heavy atom. The fraction of sp³-hybridized carbons (Fsp3) is 0.611. The molecule has 4 atom stereocenters. The number of nitrogens with zero attached hydrogens (tertiary/aromatic N) is 1. The van der Waals surface area contributed by atoms with Crippen molar-refractivity contribution in [2.75, 3.05) is 6.54 Å². The lowest BCUT2D eigenvalue weighted by atomic mass is 10.1. The molecule has 0 aliphatic rings. The van der Waals surface area contributed by atoms with Crippen molar-refractivity contribution in [1.82, 2.24) is 16.0 Å². The summed E-state index contributed by atoms with van der Waals surface area (Å²) in [5.74, 6) is -6.49. The molecule has 16 nitrogen and oxygen atoms in total. The minimum absolute atomic E-state index is 0.129. The lowest BCUT2D eigenvalue weighted by Crippen LogP contribution is -2.57. The summed E-state index contributed by atoms with van der Waals surface area (Å²) < 4.78 is 0. The van der Waals surface area contributed by atoms with Crippen LogP contribution in [0.1, 0.15) is 39.0 Å². The second-order valence-electron chi connectivity index (χ2n) is 7.35. The first-order valence-electron chi connectivity index (χ1n) is 10.2. The fourth-order valence-electron chi connectivity index (χ4n) is 2.52. The summed E-state index contributed by atoms with van der Waals surface area (Å²) in [5, 5.41) is 24.4. The molecule has 4 amide bonds. The summed E-state index contributed by atoms with van der Waals surface area (Å²) in [6.07, 6.45) is -1.08. The molecule has 4 unspecified atom stereocenters. The highest BCUT2D eigenvalue weighted by Gasteiger charge is 2.30. The molecule has 0 aromatic carbocycles. The van der Waals surface area contributed by atoms with Gasteiger partial charge >= 0.3 is 11.9 Å². The number of aliphatic carboxylic acids is 2. The van der Waals surface area contributed by atoms with Crippen molar-refractivity contribution in [2.24, 2.45) is 27.9 Å². The van der Waals surface area contributed by atoms with Gasteiger partial charge in [-0.25, -0.2) is 0 Å². The minimum Gasteiger partial charge on any atom is -0.481 e. The quantitative estimate of drug-likeness (QED) is 0.0568. The summed E-state index contributed by atoms with van der Waals surface area (Å²) in [6.45, 7) is 1.38. The Hall–Kier alpha value is -3.95. The molecule has 34 heavy (non-hydrogen) atoms. The zero-order chi connectivity index (χ0) is 26.4. The van der Waals surface area contributed by atoms with Gasteiger partial charge in [0, 0.05) is 13.0 Å². The van der Waals surface area contributed by atoms with Crippen molar-refractivity contribution < 1.29 is 39.0 Å². The highest BCUT2D eigenvalue weighted by atomic mass is 16.4. The van der Waals surface area contributed by atoms with Gasteiger partial charge in [0.25, 0.3) is 0 Å². The number of guanidine groups is 1. The van der Waals surface area contributed by atoms with E-state index in [1.807, 2.05) is 0 Å². The third kappa shape index (κ3) is 12.8. The van der Waals surface area contributed by atoms with Crippen LogP contribution in [-0.2, 0) is 28.8 Å². The van der Waals surface area contributed by atoms with Crippen molar-refractivity contribution in [2.45, 2.75) is 63.2 Å². The Labute approximate surface area is 194 Å². The average Bonchev–Trinajstić information content (AvgIpc) is 2.72. The number of hydrogen-bond acceptors (Lipinski definition) is 8. The van der Waals surface area contributed by atoms with E-state index in [0.717, 1.165) is 0 Å². The van der Waals surface area contributed by atoms with Crippen LogP contribution in [0.3, 0.4) is 0 Å². The molecule has 13 N–H and O–H groups in total. The van der Waals surface area contributed by atoms with E-state index in [1.165, 1.54) is 6.92 Å². The lowest BCUT2D eigenvalue weighted by Gasteiger charge is -2.24. The topological polar surface area (TPSA) is 295 Å². The lowest BCUT2D eigenvalue weighted by molar-refractivity contribution is -0.142. The predicted molar refractivity (Wildman–Crippen MR) is 118 cm³/mol. The van der Waals surface area contributed by atoms with Crippen LogP contribution < -0.4 is 38.9 Å². The second-order valence-corrected chi connectivity index (χ2v) is 7.35. The number of hydrogen-bond donors (Lipinski definition) is 9. The molecule has 0 saturated carbocycles. The number of nitrogens with two attached hydrogens (primary N) is 4. The highest BCUT2D eigenvalue weighted by Crippen LogP contribution is 2.03. The normalized spacial score (nSPS) is 13.9. The maximum absolute atomic E-state index is 12.7. The smallest absolute Gasteiger partial charge is 0.325 e. The molecule has 0 saturated heterocycles. The number of carboxylic acid groups (broad SMARTS) is 2. The largest absolute Gasteiger partial charge is 0.481 e. The Morgan fingerprint density at radius 2 is 1.41 bits per heavy atom. The minimum atomic E-state index is -1.52. The van der Waals surface area contributed by atoms with Gasteiger partial charge in [-0.3, -0.25) is 33.8 Å². The number of carbonyl (C=O) groups excluding carboxylic acids is 4. The SMILES string of the molecule is CC(NC(=O)C(CCC(=O)O)NC(=O)C(CC(N)=O)NC(=O)C(N)CCCN=C(N)N)C(=O)O. The van der Waals surface area contributed by atoms with E-state index in [1.54, 1.807) is 0 Å². The van der Waals surface area contributed by atoms with Gasteiger partial charge in [0.2, 0.25) is 23.6 Å². The second kappa shape index (κ2) is 15.0. The number of nitrogens with one attached hydrogen (secondary N) is 3. The van der Waals surface area contributed by atoms with E-state index < -0.39 is 72.6 Å². The van der Waals surface area contributed by atoms with Gasteiger partial charge in [0.05, 0.1) is 12.5 Å². The molecule has 0 aromatic heterocycles. The van der Waals surface area contributed by atoms with Crippen LogP contribution in [0.5, 0.6) is 0 Å². The van der Waals surface area contributed by atoms with E-state index in [4.69, 9.17) is 33.1 Å². The van der Waals surface area contributed by atoms with Gasteiger partial charge in [-0.1, -0.05) is 0 Å². The Morgan fingerprint density at radius 1 is 0.853 bits per heavy atom. The molecular formula is C18H32N8O8. The average molecular weight is 489 g/mol. The molecule has 0 fully saturated rings. The van der Waals surface area contributed by atoms with Gasteiger partial charge in [-0.05, 0) is 26.2 Å². The van der Waals surface area contributed by atoms with E-state index in [2.05, 4.69) is 20.9 Å². The van der Waals surface area contributed by atoms with Crippen molar-refractivity contribution in [1.29, 1.82) is 0 Å². The van der Waals surface area contributed by atoms with Crippen molar-refractivity contribution >= 4 is 41.5 Å². The third-order valence-electron chi connectivity index (χ3n) is 4.35. The van der Waals surface area contributed by atoms with Gasteiger partial charge in [-0.2, -0.15) is 0 Å². The van der Waals surface area contributed by atoms with Crippen molar-refractivity contribution in [3.05, 3.63) is 0 Å². The molecular weight excluding hydrogens is 456 g/mol. The van der Waals surface area contributed by atoms with E-state index >= 15 is 0 Å². The van der Waals surface area contributed by atoms with Crippen molar-refractivity contribution in [3.8, 4) is 0 Å². The van der Waals surface area contributed by atoms with Crippen molar-refractivity contribution in [3.63, 3.8) is 0 Å². The van der Waals surface area contributed by atoms with Crippen LogP contribution in [0.25, 0.3) is 0 Å². The molecule has 0 spiro atoms.